The molecule has 3 rings (SSSR count). The van der Waals surface area contributed by atoms with Crippen LogP contribution in [-0.4, -0.2) is 29.9 Å². The van der Waals surface area contributed by atoms with E-state index in [2.05, 4.69) is 65.6 Å². The summed E-state index contributed by atoms with van der Waals surface area (Å²) in [5.74, 6) is -3.09. The zero-order valence-electron chi connectivity index (χ0n) is 14.8. The highest BCUT2D eigenvalue weighted by Crippen LogP contribution is 2.39. The summed E-state index contributed by atoms with van der Waals surface area (Å²) < 4.78 is 0. The van der Waals surface area contributed by atoms with E-state index in [0.717, 1.165) is 0 Å². The van der Waals surface area contributed by atoms with Crippen LogP contribution >= 0.6 is 11.8 Å². The molecule has 6 heteroatoms. The second kappa shape index (κ2) is 11.2. The molecule has 1 fully saturated rings. The summed E-state index contributed by atoms with van der Waals surface area (Å²) in [6.45, 7) is 2.44. The summed E-state index contributed by atoms with van der Waals surface area (Å²) in [7, 11) is 0. The normalized spacial score (nSPS) is 15.1. The van der Waals surface area contributed by atoms with Crippen LogP contribution in [-0.2, 0) is 9.59 Å². The minimum absolute atomic E-state index is 0.384. The Hall–Kier alpha value is -2.57. The van der Waals surface area contributed by atoms with Crippen molar-refractivity contribution in [3.8, 4) is 0 Å². The van der Waals surface area contributed by atoms with Crippen molar-refractivity contribution < 1.29 is 19.8 Å². The summed E-state index contributed by atoms with van der Waals surface area (Å²) in [6.07, 6.45) is 3.43. The molecule has 0 spiro atoms. The molecule has 0 bridgehead atoms. The number of likely N-dealkylation sites (tertiary alicyclic amines) is 1. The zero-order valence-corrected chi connectivity index (χ0v) is 15.6. The number of carboxylic acids is 2. The van der Waals surface area contributed by atoms with E-state index in [4.69, 9.17) is 0 Å². The number of carboxylic acid groups (broad SMARTS) is 2. The van der Waals surface area contributed by atoms with Crippen LogP contribution in [0.1, 0.15) is 23.8 Å². The van der Waals surface area contributed by atoms with Gasteiger partial charge in [-0.25, -0.2) is 0 Å². The molecule has 5 nitrogen and oxygen atoms in total. The third-order valence-electron chi connectivity index (χ3n) is 3.90. The molecular weight excluding hydrogens is 362 g/mol. The van der Waals surface area contributed by atoms with Gasteiger partial charge >= 0.3 is 0 Å². The van der Waals surface area contributed by atoms with Crippen molar-refractivity contribution in [2.75, 3.05) is 13.1 Å². The number of hydrogen-bond acceptors (Lipinski definition) is 6. The van der Waals surface area contributed by atoms with Gasteiger partial charge in [-0.05, 0) is 55.8 Å². The van der Waals surface area contributed by atoms with Gasteiger partial charge in [-0.15, -0.1) is 11.8 Å². The minimum atomic E-state index is -1.55. The Bertz CT molecular complexity index is 727. The predicted octanol–water partition coefficient (Wildman–Crippen LogP) is 1.62. The van der Waals surface area contributed by atoms with E-state index in [9.17, 15) is 19.8 Å². The Morgan fingerprint density at radius 2 is 1.33 bits per heavy atom. The first-order valence-electron chi connectivity index (χ1n) is 8.67. The van der Waals surface area contributed by atoms with Gasteiger partial charge < -0.3 is 19.8 Å². The summed E-state index contributed by atoms with van der Waals surface area (Å²) in [6, 6.07) is 21.6. The first-order chi connectivity index (χ1) is 13.1. The van der Waals surface area contributed by atoms with Crippen molar-refractivity contribution in [2.24, 2.45) is 0 Å². The van der Waals surface area contributed by atoms with Gasteiger partial charge in [0.05, 0.1) is 17.3 Å². The standard InChI is InChI=1S/C17H19NS.C4H4O4/c1-3-9-15(10-4-1)17(18-13-7-8-14-18)19-16-11-5-2-6-12-16;5-3(6)1-2-4(7)8/h1-6,9-12,17H,7-8,13-14H2;1-2H,(H,5,6)(H,7,8)/p-2/b;2-1-. The van der Waals surface area contributed by atoms with Gasteiger partial charge in [0.1, 0.15) is 0 Å². The Morgan fingerprint density at radius 3 is 1.81 bits per heavy atom. The molecule has 0 N–H and O–H groups in total. The molecule has 1 aliphatic heterocycles. The van der Waals surface area contributed by atoms with Crippen LogP contribution in [0.15, 0.2) is 77.7 Å². The largest absolute Gasteiger partial charge is 0.545 e. The lowest BCUT2D eigenvalue weighted by atomic mass is 10.2. The van der Waals surface area contributed by atoms with Gasteiger partial charge in [-0.1, -0.05) is 48.5 Å². The average molecular weight is 383 g/mol. The number of carbonyl (C=O) groups excluding carboxylic acids is 2. The second-order valence-electron chi connectivity index (χ2n) is 5.91. The highest BCUT2D eigenvalue weighted by molar-refractivity contribution is 7.99. The first-order valence-corrected chi connectivity index (χ1v) is 9.55. The van der Waals surface area contributed by atoms with Crippen molar-refractivity contribution in [3.63, 3.8) is 0 Å². The number of hydrogen-bond donors (Lipinski definition) is 0. The highest BCUT2D eigenvalue weighted by Gasteiger charge is 2.24. The zero-order chi connectivity index (χ0) is 19.5. The molecule has 1 atom stereocenters. The number of carbonyl (C=O) groups is 2. The molecule has 1 aliphatic rings. The van der Waals surface area contributed by atoms with Crippen LogP contribution < -0.4 is 10.2 Å². The molecule has 2 aromatic rings. The lowest BCUT2D eigenvalue weighted by molar-refractivity contribution is -0.301. The van der Waals surface area contributed by atoms with Crippen molar-refractivity contribution in [3.05, 3.63) is 78.4 Å². The summed E-state index contributed by atoms with van der Waals surface area (Å²) in [4.78, 5) is 22.8. The molecule has 1 heterocycles. The highest BCUT2D eigenvalue weighted by atomic mass is 32.2. The number of nitrogens with zero attached hydrogens (tertiary/aromatic N) is 1. The van der Waals surface area contributed by atoms with E-state index in [1.807, 2.05) is 11.8 Å². The van der Waals surface area contributed by atoms with Crippen LogP contribution in [0.4, 0.5) is 0 Å². The summed E-state index contributed by atoms with van der Waals surface area (Å²) in [5.41, 5.74) is 1.42. The average Bonchev–Trinajstić information content (AvgIpc) is 3.21. The Morgan fingerprint density at radius 1 is 0.852 bits per heavy atom. The smallest absolute Gasteiger partial charge is 0.0861 e. The predicted molar refractivity (Wildman–Crippen MR) is 101 cm³/mol. The Labute approximate surface area is 163 Å². The maximum Gasteiger partial charge on any atom is 0.0861 e. The number of rotatable bonds is 6. The SMILES string of the molecule is O=C([O-])/C=C\C(=O)[O-].c1ccc(SC(c2ccccc2)N2CCCC2)cc1. The van der Waals surface area contributed by atoms with Crippen molar-refractivity contribution in [2.45, 2.75) is 23.1 Å². The van der Waals surface area contributed by atoms with Gasteiger partial charge in [0.25, 0.3) is 0 Å². The quantitative estimate of drug-likeness (QED) is 0.557. The molecular formula is C21H21NO4S-2. The maximum absolute atomic E-state index is 9.41. The molecule has 0 radical (unpaired) electrons. The minimum Gasteiger partial charge on any atom is -0.545 e. The van der Waals surface area contributed by atoms with Gasteiger partial charge in [0.15, 0.2) is 0 Å². The third-order valence-corrected chi connectivity index (χ3v) is 5.24. The van der Waals surface area contributed by atoms with Crippen molar-refractivity contribution in [1.82, 2.24) is 4.90 Å². The van der Waals surface area contributed by atoms with Gasteiger partial charge in [0, 0.05) is 4.90 Å². The number of benzene rings is 2. The molecule has 0 saturated carbocycles. The lowest BCUT2D eigenvalue weighted by Crippen LogP contribution is -2.23. The van der Waals surface area contributed by atoms with Gasteiger partial charge in [-0.3, -0.25) is 4.90 Å². The molecule has 0 aromatic heterocycles. The molecule has 1 saturated heterocycles. The first kappa shape index (κ1) is 20.7. The topological polar surface area (TPSA) is 83.5 Å². The second-order valence-corrected chi connectivity index (χ2v) is 7.06. The number of aliphatic carboxylic acids is 2. The molecule has 0 aliphatic carbocycles. The summed E-state index contributed by atoms with van der Waals surface area (Å²) in [5, 5.41) is 19.3. The fourth-order valence-corrected chi connectivity index (χ4v) is 3.94. The molecule has 1 unspecified atom stereocenters. The van der Waals surface area contributed by atoms with Crippen molar-refractivity contribution in [1.29, 1.82) is 0 Å². The monoisotopic (exact) mass is 383 g/mol. The molecule has 142 valence electrons. The Balaban J connectivity index is 0.000000279. The van der Waals surface area contributed by atoms with Crippen LogP contribution in [0.25, 0.3) is 0 Å². The van der Waals surface area contributed by atoms with Crippen LogP contribution in [0.2, 0.25) is 0 Å². The van der Waals surface area contributed by atoms with E-state index >= 15 is 0 Å². The lowest BCUT2D eigenvalue weighted by Gasteiger charge is -2.27. The fourth-order valence-electron chi connectivity index (χ4n) is 2.71. The fraction of sp³-hybridized carbons (Fsp3) is 0.238. The van der Waals surface area contributed by atoms with E-state index in [1.165, 1.54) is 36.4 Å². The van der Waals surface area contributed by atoms with Gasteiger partial charge in [-0.2, -0.15) is 0 Å². The molecule has 27 heavy (non-hydrogen) atoms. The number of thioether (sulfide) groups is 1. The van der Waals surface area contributed by atoms with Crippen molar-refractivity contribution >= 4 is 23.7 Å². The summed E-state index contributed by atoms with van der Waals surface area (Å²) >= 11 is 1.96. The van der Waals surface area contributed by atoms with Gasteiger partial charge in [0.2, 0.25) is 0 Å². The Kier molecular flexibility index (Phi) is 8.61. The maximum atomic E-state index is 9.41. The van der Waals surface area contributed by atoms with Crippen LogP contribution in [0.5, 0.6) is 0 Å². The van der Waals surface area contributed by atoms with Crippen LogP contribution in [0.3, 0.4) is 0 Å². The van der Waals surface area contributed by atoms with E-state index in [-0.39, 0.29) is 0 Å². The third kappa shape index (κ3) is 7.68. The van der Waals surface area contributed by atoms with E-state index in [1.54, 1.807) is 0 Å². The molecule has 0 amide bonds. The van der Waals surface area contributed by atoms with Crippen LogP contribution in [0, 0.1) is 0 Å². The van der Waals surface area contributed by atoms with E-state index in [0.29, 0.717) is 17.5 Å². The molecule has 2 aromatic carbocycles. The van der Waals surface area contributed by atoms with E-state index < -0.39 is 11.9 Å².